The fourth-order valence-corrected chi connectivity index (χ4v) is 2.20. The van der Waals surface area contributed by atoms with Crippen LogP contribution in [0.1, 0.15) is 12.0 Å². The summed E-state index contributed by atoms with van der Waals surface area (Å²) in [6, 6.07) is 5.82. The second-order valence-corrected chi connectivity index (χ2v) is 4.28. The average molecular weight is 247 g/mol. The van der Waals surface area contributed by atoms with Crippen LogP contribution in [0.5, 0.6) is 11.5 Å². The predicted molar refractivity (Wildman–Crippen MR) is 64.8 cm³/mol. The molecule has 0 radical (unpaired) electrons. The van der Waals surface area contributed by atoms with Crippen LogP contribution in [0, 0.1) is 0 Å². The summed E-state index contributed by atoms with van der Waals surface area (Å²) in [5.74, 6) is 1.52. The van der Waals surface area contributed by atoms with Crippen LogP contribution in [0.4, 0.5) is 4.79 Å². The van der Waals surface area contributed by atoms with Gasteiger partial charge in [-0.3, -0.25) is 0 Å². The molecule has 1 amide bonds. The molecule has 5 nitrogen and oxygen atoms in total. The molecule has 2 aliphatic rings. The van der Waals surface area contributed by atoms with Gasteiger partial charge in [-0.1, -0.05) is 12.1 Å². The molecule has 3 rings (SSSR count). The first kappa shape index (κ1) is 11.0. The van der Waals surface area contributed by atoms with Gasteiger partial charge in [0, 0.05) is 13.1 Å². The van der Waals surface area contributed by atoms with Gasteiger partial charge in [-0.2, -0.15) is 0 Å². The molecule has 0 aromatic heterocycles. The number of benzene rings is 1. The molecule has 94 valence electrons. The standard InChI is InChI=1S/C13H13NO4/c15-13(16)14-5-3-9(4-6-14)10-1-2-11-12(7-10)18-8-17-11/h1-3,7H,4-6,8H2,(H,15,16). The van der Waals surface area contributed by atoms with Crippen LogP contribution in [-0.2, 0) is 0 Å². The van der Waals surface area contributed by atoms with Gasteiger partial charge in [0.05, 0.1) is 0 Å². The number of nitrogens with zero attached hydrogens (tertiary/aromatic N) is 1. The molecule has 18 heavy (non-hydrogen) atoms. The normalized spacial score (nSPS) is 17.6. The van der Waals surface area contributed by atoms with Crippen molar-refractivity contribution in [2.45, 2.75) is 6.42 Å². The summed E-state index contributed by atoms with van der Waals surface area (Å²) in [7, 11) is 0. The van der Waals surface area contributed by atoms with E-state index in [-0.39, 0.29) is 6.79 Å². The Morgan fingerprint density at radius 1 is 1.28 bits per heavy atom. The summed E-state index contributed by atoms with van der Waals surface area (Å²) in [5, 5.41) is 8.88. The highest BCUT2D eigenvalue weighted by atomic mass is 16.7. The summed E-state index contributed by atoms with van der Waals surface area (Å²) >= 11 is 0. The summed E-state index contributed by atoms with van der Waals surface area (Å²) in [6.45, 7) is 1.25. The van der Waals surface area contributed by atoms with Gasteiger partial charge < -0.3 is 19.5 Å². The fourth-order valence-electron chi connectivity index (χ4n) is 2.20. The SMILES string of the molecule is O=C(O)N1CC=C(c2ccc3c(c2)OCO3)CC1. The van der Waals surface area contributed by atoms with Crippen molar-refractivity contribution in [3.8, 4) is 11.5 Å². The van der Waals surface area contributed by atoms with Crippen LogP contribution in [0.2, 0.25) is 0 Å². The van der Waals surface area contributed by atoms with E-state index in [1.807, 2.05) is 24.3 Å². The minimum absolute atomic E-state index is 0.268. The third-order valence-electron chi connectivity index (χ3n) is 3.22. The molecule has 0 aliphatic carbocycles. The van der Waals surface area contributed by atoms with E-state index < -0.39 is 6.09 Å². The number of fused-ring (bicyclic) bond motifs is 1. The molecule has 2 aliphatic heterocycles. The van der Waals surface area contributed by atoms with E-state index in [0.717, 1.165) is 29.1 Å². The van der Waals surface area contributed by atoms with E-state index in [4.69, 9.17) is 14.6 Å². The largest absolute Gasteiger partial charge is 0.465 e. The maximum atomic E-state index is 10.8. The van der Waals surface area contributed by atoms with Crippen molar-refractivity contribution in [2.24, 2.45) is 0 Å². The third-order valence-corrected chi connectivity index (χ3v) is 3.22. The maximum Gasteiger partial charge on any atom is 0.407 e. The van der Waals surface area contributed by atoms with Crippen molar-refractivity contribution < 1.29 is 19.4 Å². The van der Waals surface area contributed by atoms with Gasteiger partial charge >= 0.3 is 6.09 Å². The zero-order chi connectivity index (χ0) is 12.5. The second kappa shape index (κ2) is 4.25. The Bertz CT molecular complexity index is 524. The van der Waals surface area contributed by atoms with Gasteiger partial charge in [-0.15, -0.1) is 0 Å². The molecular formula is C13H13NO4. The number of carbonyl (C=O) groups is 1. The van der Waals surface area contributed by atoms with Gasteiger partial charge in [0.2, 0.25) is 6.79 Å². The number of amides is 1. The van der Waals surface area contributed by atoms with E-state index in [1.54, 1.807) is 0 Å². The summed E-state index contributed by atoms with van der Waals surface area (Å²) in [4.78, 5) is 12.2. The molecule has 0 bridgehead atoms. The smallest absolute Gasteiger partial charge is 0.407 e. The Kier molecular flexibility index (Phi) is 2.59. The summed E-state index contributed by atoms with van der Waals surface area (Å²) < 4.78 is 10.6. The Labute approximate surface area is 104 Å². The first-order valence-corrected chi connectivity index (χ1v) is 5.81. The lowest BCUT2D eigenvalue weighted by Crippen LogP contribution is -2.33. The molecule has 0 fully saturated rings. The minimum Gasteiger partial charge on any atom is -0.465 e. The number of carboxylic acid groups (broad SMARTS) is 1. The molecule has 0 unspecified atom stereocenters. The van der Waals surface area contributed by atoms with E-state index in [1.165, 1.54) is 4.90 Å². The molecule has 0 saturated heterocycles. The molecule has 1 aromatic rings. The van der Waals surface area contributed by atoms with Crippen molar-refractivity contribution in [3.05, 3.63) is 29.8 Å². The summed E-state index contributed by atoms with van der Waals surface area (Å²) in [5.41, 5.74) is 2.23. The lowest BCUT2D eigenvalue weighted by atomic mass is 9.99. The molecule has 5 heteroatoms. The lowest BCUT2D eigenvalue weighted by Gasteiger charge is -2.23. The molecule has 1 N–H and O–H groups in total. The van der Waals surface area contributed by atoms with Crippen molar-refractivity contribution in [3.63, 3.8) is 0 Å². The third kappa shape index (κ3) is 1.88. The Morgan fingerprint density at radius 3 is 2.83 bits per heavy atom. The highest BCUT2D eigenvalue weighted by Gasteiger charge is 2.19. The topological polar surface area (TPSA) is 59.0 Å². The number of rotatable bonds is 1. The Balaban J connectivity index is 1.82. The van der Waals surface area contributed by atoms with Crippen LogP contribution in [0.15, 0.2) is 24.3 Å². The maximum absolute atomic E-state index is 10.8. The predicted octanol–water partition coefficient (Wildman–Crippen LogP) is 2.18. The summed E-state index contributed by atoms with van der Waals surface area (Å²) in [6.07, 6.45) is 1.82. The average Bonchev–Trinajstić information content (AvgIpc) is 2.86. The van der Waals surface area contributed by atoms with Crippen LogP contribution in [0.25, 0.3) is 5.57 Å². The number of ether oxygens (including phenoxy) is 2. The monoisotopic (exact) mass is 247 g/mol. The van der Waals surface area contributed by atoms with Gasteiger partial charge in [-0.05, 0) is 29.7 Å². The molecule has 0 spiro atoms. The van der Waals surface area contributed by atoms with E-state index in [9.17, 15) is 4.79 Å². The van der Waals surface area contributed by atoms with E-state index >= 15 is 0 Å². The highest BCUT2D eigenvalue weighted by molar-refractivity contribution is 5.72. The van der Waals surface area contributed by atoms with Crippen molar-refractivity contribution >= 4 is 11.7 Å². The fraction of sp³-hybridized carbons (Fsp3) is 0.308. The van der Waals surface area contributed by atoms with Gasteiger partial charge in [0.1, 0.15) is 0 Å². The lowest BCUT2D eigenvalue weighted by molar-refractivity contribution is 0.150. The number of hydrogen-bond donors (Lipinski definition) is 1. The minimum atomic E-state index is -0.865. The first-order valence-electron chi connectivity index (χ1n) is 5.81. The quantitative estimate of drug-likeness (QED) is 0.826. The second-order valence-electron chi connectivity index (χ2n) is 4.28. The van der Waals surface area contributed by atoms with Crippen LogP contribution in [0.3, 0.4) is 0 Å². The zero-order valence-corrected chi connectivity index (χ0v) is 9.76. The van der Waals surface area contributed by atoms with E-state index in [2.05, 4.69) is 0 Å². The molecule has 1 aromatic carbocycles. The van der Waals surface area contributed by atoms with E-state index in [0.29, 0.717) is 13.1 Å². The van der Waals surface area contributed by atoms with Crippen molar-refractivity contribution in [2.75, 3.05) is 19.9 Å². The van der Waals surface area contributed by atoms with Crippen LogP contribution >= 0.6 is 0 Å². The Morgan fingerprint density at radius 2 is 2.11 bits per heavy atom. The van der Waals surface area contributed by atoms with Crippen LogP contribution in [-0.4, -0.2) is 36.0 Å². The van der Waals surface area contributed by atoms with Crippen LogP contribution < -0.4 is 9.47 Å². The highest BCUT2D eigenvalue weighted by Crippen LogP contribution is 2.35. The molecule has 0 saturated carbocycles. The van der Waals surface area contributed by atoms with Gasteiger partial charge in [-0.25, -0.2) is 4.79 Å². The zero-order valence-electron chi connectivity index (χ0n) is 9.76. The molecule has 2 heterocycles. The van der Waals surface area contributed by atoms with Crippen molar-refractivity contribution in [1.29, 1.82) is 0 Å². The van der Waals surface area contributed by atoms with Gasteiger partial charge in [0.25, 0.3) is 0 Å². The molecule has 0 atom stereocenters. The molecular weight excluding hydrogens is 234 g/mol. The van der Waals surface area contributed by atoms with Crippen molar-refractivity contribution in [1.82, 2.24) is 4.90 Å². The first-order chi connectivity index (χ1) is 8.74. The Hall–Kier alpha value is -2.17. The number of hydrogen-bond acceptors (Lipinski definition) is 3. The van der Waals surface area contributed by atoms with Gasteiger partial charge in [0.15, 0.2) is 11.5 Å².